The number of aliphatic carboxylic acids is 1. The van der Waals surface area contributed by atoms with E-state index in [9.17, 15) is 9.90 Å². The molecule has 0 bridgehead atoms. The summed E-state index contributed by atoms with van der Waals surface area (Å²) < 4.78 is 5.74. The molecule has 4 heteroatoms. The minimum atomic E-state index is -0.783. The van der Waals surface area contributed by atoms with Crippen LogP contribution in [0.1, 0.15) is 51.4 Å². The minimum absolute atomic E-state index is 0.276. The first-order valence-corrected chi connectivity index (χ1v) is 6.66. The van der Waals surface area contributed by atoms with Crippen molar-refractivity contribution in [2.75, 3.05) is 6.61 Å². The molecule has 0 aliphatic heterocycles. The third-order valence-corrected chi connectivity index (χ3v) is 4.16. The Morgan fingerprint density at radius 1 is 1.18 bits per heavy atom. The van der Waals surface area contributed by atoms with E-state index in [0.717, 1.165) is 12.8 Å². The zero-order chi connectivity index (χ0) is 12.3. The summed E-state index contributed by atoms with van der Waals surface area (Å²) >= 11 is 0. The van der Waals surface area contributed by atoms with Gasteiger partial charge in [0, 0.05) is 0 Å². The van der Waals surface area contributed by atoms with Crippen LogP contribution in [0, 0.1) is 5.92 Å². The minimum Gasteiger partial charge on any atom is -0.481 e. The van der Waals surface area contributed by atoms with Crippen LogP contribution in [0.4, 0.5) is 0 Å². The van der Waals surface area contributed by atoms with Crippen LogP contribution >= 0.6 is 0 Å². The van der Waals surface area contributed by atoms with E-state index in [2.05, 4.69) is 0 Å². The quantitative estimate of drug-likeness (QED) is 0.790. The van der Waals surface area contributed by atoms with Crippen molar-refractivity contribution in [1.29, 1.82) is 0 Å². The van der Waals surface area contributed by atoms with Crippen LogP contribution in [0.25, 0.3) is 0 Å². The number of carbonyl (C=O) groups is 1. The number of hydrogen-bond acceptors (Lipinski definition) is 3. The predicted octanol–water partition coefficient (Wildman–Crippen LogP) is 1.95. The van der Waals surface area contributed by atoms with Crippen LogP contribution < -0.4 is 0 Å². The lowest BCUT2D eigenvalue weighted by Crippen LogP contribution is -2.41. The third-order valence-electron chi connectivity index (χ3n) is 4.16. The highest BCUT2D eigenvalue weighted by molar-refractivity contribution is 5.70. The maximum Gasteiger partial charge on any atom is 0.306 e. The Labute approximate surface area is 102 Å². The molecule has 0 saturated heterocycles. The molecule has 2 aliphatic carbocycles. The summed E-state index contributed by atoms with van der Waals surface area (Å²) in [6.07, 6.45) is 7.22. The number of carboxylic acids is 1. The summed E-state index contributed by atoms with van der Waals surface area (Å²) in [4.78, 5) is 10.8. The van der Waals surface area contributed by atoms with Crippen molar-refractivity contribution >= 4 is 5.97 Å². The van der Waals surface area contributed by atoms with Crippen LogP contribution in [0.15, 0.2) is 0 Å². The molecule has 0 aromatic carbocycles. The molecule has 0 heterocycles. The molecule has 2 aliphatic rings. The van der Waals surface area contributed by atoms with Gasteiger partial charge in [0.2, 0.25) is 0 Å². The van der Waals surface area contributed by atoms with Crippen molar-refractivity contribution in [2.24, 2.45) is 5.92 Å². The van der Waals surface area contributed by atoms with Gasteiger partial charge in [-0.15, -0.1) is 0 Å². The number of rotatable bonds is 4. The van der Waals surface area contributed by atoms with E-state index >= 15 is 0 Å². The number of aliphatic hydroxyl groups is 1. The van der Waals surface area contributed by atoms with Crippen molar-refractivity contribution in [2.45, 2.75) is 63.1 Å². The normalized spacial score (nSPS) is 35.0. The lowest BCUT2D eigenvalue weighted by molar-refractivity contribution is -0.147. The second-order valence-electron chi connectivity index (χ2n) is 5.55. The Morgan fingerprint density at radius 3 is 2.29 bits per heavy atom. The van der Waals surface area contributed by atoms with Gasteiger partial charge >= 0.3 is 5.97 Å². The summed E-state index contributed by atoms with van der Waals surface area (Å²) in [5, 5.41) is 19.2. The van der Waals surface area contributed by atoms with Crippen LogP contribution in [-0.2, 0) is 9.53 Å². The summed E-state index contributed by atoms with van der Waals surface area (Å²) in [5.41, 5.74) is -0.783. The summed E-state index contributed by atoms with van der Waals surface area (Å²) in [6, 6.07) is 0. The lowest BCUT2D eigenvalue weighted by atomic mass is 9.79. The molecule has 0 aromatic heterocycles. The van der Waals surface area contributed by atoms with Gasteiger partial charge in [-0.05, 0) is 38.5 Å². The monoisotopic (exact) mass is 242 g/mol. The molecule has 0 radical (unpaired) electrons. The maximum absolute atomic E-state index is 10.8. The zero-order valence-corrected chi connectivity index (χ0v) is 10.2. The van der Waals surface area contributed by atoms with Crippen molar-refractivity contribution in [3.05, 3.63) is 0 Å². The predicted molar refractivity (Wildman–Crippen MR) is 62.8 cm³/mol. The fraction of sp³-hybridized carbons (Fsp3) is 0.923. The van der Waals surface area contributed by atoms with Crippen LogP contribution in [0.2, 0.25) is 0 Å². The van der Waals surface area contributed by atoms with E-state index in [4.69, 9.17) is 9.84 Å². The SMILES string of the molecule is O=C(O)C1CCC(O)(COC2CCCC2)CC1. The van der Waals surface area contributed by atoms with Crippen molar-refractivity contribution < 1.29 is 19.7 Å². The van der Waals surface area contributed by atoms with E-state index in [-0.39, 0.29) is 5.92 Å². The summed E-state index contributed by atoms with van der Waals surface area (Å²) in [7, 11) is 0. The Hall–Kier alpha value is -0.610. The smallest absolute Gasteiger partial charge is 0.306 e. The van der Waals surface area contributed by atoms with E-state index in [0.29, 0.717) is 38.4 Å². The van der Waals surface area contributed by atoms with E-state index in [1.165, 1.54) is 12.8 Å². The molecule has 0 aromatic rings. The van der Waals surface area contributed by atoms with E-state index < -0.39 is 11.6 Å². The number of carboxylic acid groups (broad SMARTS) is 1. The van der Waals surface area contributed by atoms with Gasteiger partial charge in [0.25, 0.3) is 0 Å². The molecule has 2 fully saturated rings. The van der Waals surface area contributed by atoms with Gasteiger partial charge in [0.05, 0.1) is 24.2 Å². The van der Waals surface area contributed by atoms with Gasteiger partial charge in [-0.2, -0.15) is 0 Å². The van der Waals surface area contributed by atoms with Gasteiger partial charge < -0.3 is 14.9 Å². The molecule has 2 saturated carbocycles. The van der Waals surface area contributed by atoms with Gasteiger partial charge in [-0.1, -0.05) is 12.8 Å². The van der Waals surface area contributed by atoms with E-state index in [1.807, 2.05) is 0 Å². The first-order chi connectivity index (χ1) is 8.09. The number of hydrogen-bond donors (Lipinski definition) is 2. The van der Waals surface area contributed by atoms with Gasteiger partial charge in [-0.25, -0.2) is 0 Å². The van der Waals surface area contributed by atoms with Crippen LogP contribution in [0.5, 0.6) is 0 Å². The lowest BCUT2D eigenvalue weighted by Gasteiger charge is -2.35. The molecular formula is C13H22O4. The van der Waals surface area contributed by atoms with Gasteiger partial charge in [-0.3, -0.25) is 4.79 Å². The molecule has 98 valence electrons. The second-order valence-corrected chi connectivity index (χ2v) is 5.55. The molecule has 2 rings (SSSR count). The van der Waals surface area contributed by atoms with E-state index in [1.54, 1.807) is 0 Å². The molecule has 2 N–H and O–H groups in total. The third kappa shape index (κ3) is 3.42. The highest BCUT2D eigenvalue weighted by atomic mass is 16.5. The molecule has 0 unspecified atom stereocenters. The molecule has 17 heavy (non-hydrogen) atoms. The van der Waals surface area contributed by atoms with Crippen LogP contribution in [-0.4, -0.2) is 34.5 Å². The molecule has 0 amide bonds. The highest BCUT2D eigenvalue weighted by Gasteiger charge is 2.36. The molecule has 0 spiro atoms. The first kappa shape index (κ1) is 12.8. The highest BCUT2D eigenvalue weighted by Crippen LogP contribution is 2.33. The Kier molecular flexibility index (Phi) is 4.05. The Morgan fingerprint density at radius 2 is 1.76 bits per heavy atom. The fourth-order valence-electron chi connectivity index (χ4n) is 2.87. The van der Waals surface area contributed by atoms with Gasteiger partial charge in [0.15, 0.2) is 0 Å². The zero-order valence-electron chi connectivity index (χ0n) is 10.2. The number of ether oxygens (including phenoxy) is 1. The average molecular weight is 242 g/mol. The standard InChI is InChI=1S/C13H22O4/c14-12(15)10-5-7-13(16,8-6-10)9-17-11-3-1-2-4-11/h10-11,16H,1-9H2,(H,14,15). The molecule has 0 atom stereocenters. The van der Waals surface area contributed by atoms with Crippen molar-refractivity contribution in [1.82, 2.24) is 0 Å². The van der Waals surface area contributed by atoms with Crippen molar-refractivity contribution in [3.8, 4) is 0 Å². The largest absolute Gasteiger partial charge is 0.481 e. The van der Waals surface area contributed by atoms with Gasteiger partial charge in [0.1, 0.15) is 0 Å². The average Bonchev–Trinajstić information content (AvgIpc) is 2.80. The second kappa shape index (κ2) is 5.36. The topological polar surface area (TPSA) is 66.8 Å². The summed E-state index contributed by atoms with van der Waals surface area (Å²) in [5.74, 6) is -1.01. The molecular weight excluding hydrogens is 220 g/mol. The Balaban J connectivity index is 1.74. The Bertz CT molecular complexity index is 263. The summed E-state index contributed by atoms with van der Waals surface area (Å²) in [6.45, 7) is 0.379. The van der Waals surface area contributed by atoms with Crippen LogP contribution in [0.3, 0.4) is 0 Å². The maximum atomic E-state index is 10.8. The fourth-order valence-corrected chi connectivity index (χ4v) is 2.87. The first-order valence-electron chi connectivity index (χ1n) is 6.66. The molecule has 4 nitrogen and oxygen atoms in total. The van der Waals surface area contributed by atoms with Crippen molar-refractivity contribution in [3.63, 3.8) is 0 Å².